The Morgan fingerprint density at radius 1 is 0.651 bits per heavy atom. The number of imide groups is 1. The number of nitrogens with one attached hydrogen (secondary N) is 4. The molecule has 8 N–H and O–H groups in total. The molecule has 0 radical (unpaired) electrons. The number of rotatable bonds is 49. The molecule has 4 aromatic rings. The first-order chi connectivity index (χ1) is 60.2. The molecule has 9 rings (SSSR count). The molecule has 37 nitrogen and oxygen atoms in total. The number of esters is 4. The molecule has 2 unspecified atom stereocenters. The number of ketones is 2. The summed E-state index contributed by atoms with van der Waals surface area (Å²) >= 11 is 0. The number of anilines is 1. The Labute approximate surface area is 728 Å². The van der Waals surface area contributed by atoms with Crippen molar-refractivity contribution < 1.29 is 148 Å². The standard InChI is InChI=1S/C89H114N6O31/c1-54(2)73(93-68(100)32-35-112-37-39-114-41-43-116-45-47-118-48-46-117-44-42-115-40-38-113-36-33-71(103)126-95-69(101)30-31-70(95)102)64(98)49-62(25-18-34-91-84(90)109)81(106)92-63-28-26-58(27-29-63)52-119-85(110)123-76(74(59-19-12-9-13-20-59)94-80(105)60-21-14-10-15-22-60)83(108)122-65-51-89(111)79(124-82(107)61-23-16-11-17-24-61)77-87(8,66(99)50-67-88(77,53-120-67)125-57(5)97)78(104)75(121-56(4)96)72(55(65)3)86(89,6)7/h9-17,19-24,26-29,54,62,65-67,73-77,79,99,111H,18,25,30-53H2,1-8H3,(H,92,106)(H,93,100)(H,94,105)(H3,90,91,109)/t62?,65-,66-,67+,73?,74-,75+,76+,77-,79-,87+,88-,89+/m0/s1. The van der Waals surface area contributed by atoms with E-state index in [1.165, 1.54) is 88.4 Å². The number of nitrogens with zero attached hydrogens (tertiary/aromatic N) is 1. The highest BCUT2D eigenvalue weighted by Gasteiger charge is 2.78. The van der Waals surface area contributed by atoms with Crippen LogP contribution < -0.4 is 27.0 Å². The minimum atomic E-state index is -2.58. The minimum absolute atomic E-state index is 0.0128. The van der Waals surface area contributed by atoms with Crippen LogP contribution in [0.15, 0.2) is 126 Å². The molecule has 2 saturated heterocycles. The first-order valence-corrected chi connectivity index (χ1v) is 41.9. The van der Waals surface area contributed by atoms with E-state index in [9.17, 15) is 67.7 Å². The molecule has 4 aromatic carbocycles. The van der Waals surface area contributed by atoms with Gasteiger partial charge in [0, 0.05) is 81.5 Å². The van der Waals surface area contributed by atoms with Crippen molar-refractivity contribution in [3.05, 3.63) is 149 Å². The van der Waals surface area contributed by atoms with Crippen molar-refractivity contribution in [1.29, 1.82) is 0 Å². The van der Waals surface area contributed by atoms with Gasteiger partial charge in [0.1, 0.15) is 36.6 Å². The third-order valence-corrected chi connectivity index (χ3v) is 22.8. The van der Waals surface area contributed by atoms with Crippen molar-refractivity contribution >= 4 is 88.8 Å². The predicted octanol–water partition coefficient (Wildman–Crippen LogP) is 5.70. The van der Waals surface area contributed by atoms with Crippen molar-refractivity contribution in [2.45, 2.75) is 180 Å². The van der Waals surface area contributed by atoms with Crippen molar-refractivity contribution in [3.63, 3.8) is 0 Å². The van der Waals surface area contributed by atoms with Crippen LogP contribution >= 0.6 is 0 Å². The van der Waals surface area contributed by atoms with Crippen molar-refractivity contribution in [2.24, 2.45) is 34.3 Å². The van der Waals surface area contributed by atoms with Gasteiger partial charge in [-0.25, -0.2) is 24.0 Å². The first kappa shape index (κ1) is 98.8. The number of aliphatic hydroxyl groups excluding tert-OH is 1. The summed E-state index contributed by atoms with van der Waals surface area (Å²) in [7, 11) is 0. The smallest absolute Gasteiger partial charge is 0.455 e. The fourth-order valence-corrected chi connectivity index (χ4v) is 16.2. The highest BCUT2D eigenvalue weighted by atomic mass is 16.7. The number of benzene rings is 4. The number of aliphatic hydroxyl groups is 2. The van der Waals surface area contributed by atoms with Gasteiger partial charge in [0.05, 0.1) is 135 Å². The monoisotopic (exact) mass is 1760 g/mol. The lowest BCUT2D eigenvalue weighted by molar-refractivity contribution is -0.346. The largest absolute Gasteiger partial charge is 0.509 e. The number of ether oxygens (including phenoxy) is 14. The molecule has 37 heteroatoms. The number of fused-ring (bicyclic) bond motifs is 5. The maximum Gasteiger partial charge on any atom is 0.509 e. The molecule has 686 valence electrons. The topological polar surface area (TPSA) is 495 Å². The molecule has 2 heterocycles. The normalized spacial score (nSPS) is 22.6. The van der Waals surface area contributed by atoms with Crippen molar-refractivity contribution in [2.75, 3.05) is 111 Å². The minimum Gasteiger partial charge on any atom is -0.455 e. The van der Waals surface area contributed by atoms with Crippen LogP contribution in [0.4, 0.5) is 15.3 Å². The Balaban J connectivity index is 0.793. The lowest BCUT2D eigenvalue weighted by Gasteiger charge is -2.67. The summed E-state index contributed by atoms with van der Waals surface area (Å²) in [6, 6.07) is 26.0. The average Bonchev–Trinajstić information content (AvgIpc) is 0.815. The summed E-state index contributed by atoms with van der Waals surface area (Å²) in [5.41, 5.74) is -2.42. The zero-order valence-corrected chi connectivity index (χ0v) is 72.0. The summed E-state index contributed by atoms with van der Waals surface area (Å²) in [5, 5.41) is 38.0. The number of Topliss-reactive ketones (excluding diaryl/α,β-unsaturated/α-hetero) is 2. The van der Waals surface area contributed by atoms with E-state index >= 15 is 9.59 Å². The Morgan fingerprint density at radius 2 is 1.19 bits per heavy atom. The van der Waals surface area contributed by atoms with Crippen LogP contribution in [0.25, 0.3) is 0 Å². The van der Waals surface area contributed by atoms with Crippen molar-refractivity contribution in [1.82, 2.24) is 21.0 Å². The summed E-state index contributed by atoms with van der Waals surface area (Å²) < 4.78 is 81.3. The SMILES string of the molecule is CC(=O)O[C@H]1C(=O)[C@@]2(C)[C@H]([C@H](OC(=O)c3ccccc3)[C@]3(O)C[C@H](OC(=O)[C@H](OC(=O)OCc4ccc(NC(=O)C(CCCNC(N)=O)CC(=O)C(NC(=O)CCOCCOCCOCCOCCOCCOCCOCCC(=O)ON5C(=O)CCC5=O)C(C)C)cc4)[C@@H](NC(=O)c4ccccc4)c4ccccc4)C(C)=C1C3(C)C)[C@]1(OC(C)=O)CO[C@@H]1C[C@@H]2O. The fraction of sp³-hybridized carbons (Fsp3) is 0.551. The molecule has 2 bridgehead atoms. The summed E-state index contributed by atoms with van der Waals surface area (Å²) in [4.78, 5) is 195. The van der Waals surface area contributed by atoms with Gasteiger partial charge in [0.25, 0.3) is 17.7 Å². The average molecular weight is 1760 g/mol. The van der Waals surface area contributed by atoms with E-state index < -0.39 is 191 Å². The molecule has 4 fully saturated rings. The van der Waals surface area contributed by atoms with Crippen LogP contribution in [0, 0.1) is 28.6 Å². The third-order valence-electron chi connectivity index (χ3n) is 22.8. The van der Waals surface area contributed by atoms with Gasteiger partial charge in [0.2, 0.25) is 17.9 Å². The van der Waals surface area contributed by atoms with E-state index in [1.54, 1.807) is 68.4 Å². The second-order valence-corrected chi connectivity index (χ2v) is 32.1. The summed E-state index contributed by atoms with van der Waals surface area (Å²) in [5.74, 6) is -12.4. The molecular weight excluding hydrogens is 1650 g/mol. The zero-order valence-electron chi connectivity index (χ0n) is 72.0. The molecule has 2 saturated carbocycles. The maximum atomic E-state index is 16.0. The number of carbonyl (C=O) groups is 14. The van der Waals surface area contributed by atoms with Crippen molar-refractivity contribution in [3.8, 4) is 0 Å². The quantitative estimate of drug-likeness (QED) is 0.00916. The lowest BCUT2D eigenvalue weighted by Crippen LogP contribution is -2.82. The number of hydrogen-bond donors (Lipinski definition) is 7. The Kier molecular flexibility index (Phi) is 36.8. The number of amides is 7. The molecule has 7 amide bonds. The molecule has 0 aromatic heterocycles. The Hall–Kier alpha value is -11.0. The second kappa shape index (κ2) is 47.0. The van der Waals surface area contributed by atoms with Gasteiger partial charge in [-0.15, -0.1) is 5.06 Å². The number of nitrogens with two attached hydrogens (primary N) is 1. The van der Waals surface area contributed by atoms with Crippen LogP contribution in [0.2, 0.25) is 0 Å². The first-order valence-electron chi connectivity index (χ1n) is 41.9. The number of hydroxylamine groups is 2. The predicted molar refractivity (Wildman–Crippen MR) is 441 cm³/mol. The Morgan fingerprint density at radius 3 is 1.71 bits per heavy atom. The summed E-state index contributed by atoms with van der Waals surface area (Å²) in [6.07, 6.45) is -13.4. The van der Waals surface area contributed by atoms with Crippen LogP contribution in [0.3, 0.4) is 0 Å². The van der Waals surface area contributed by atoms with E-state index in [0.29, 0.717) is 56.9 Å². The number of urea groups is 1. The number of hydrogen-bond acceptors (Lipinski definition) is 31. The van der Waals surface area contributed by atoms with E-state index in [2.05, 4.69) is 21.3 Å². The van der Waals surface area contributed by atoms with E-state index in [0.717, 1.165) is 13.8 Å². The van der Waals surface area contributed by atoms with Gasteiger partial charge in [-0.05, 0) is 91.3 Å². The molecule has 2 aliphatic heterocycles. The lowest BCUT2D eigenvalue weighted by atomic mass is 9.44. The molecule has 5 aliphatic rings. The van der Waals surface area contributed by atoms with Crippen LogP contribution in [-0.4, -0.2) is 258 Å². The van der Waals surface area contributed by atoms with E-state index in [1.807, 2.05) is 0 Å². The molecule has 13 atom stereocenters. The van der Waals surface area contributed by atoms with Gasteiger partial charge >= 0.3 is 42.0 Å². The van der Waals surface area contributed by atoms with Gasteiger partial charge in [0.15, 0.2) is 23.3 Å². The van der Waals surface area contributed by atoms with Crippen LogP contribution in [-0.2, 0) is 126 Å². The van der Waals surface area contributed by atoms with Crippen LogP contribution in [0.5, 0.6) is 0 Å². The zero-order chi connectivity index (χ0) is 91.3. The van der Waals surface area contributed by atoms with Gasteiger partial charge in [-0.1, -0.05) is 107 Å². The van der Waals surface area contributed by atoms with E-state index in [-0.39, 0.29) is 138 Å². The summed E-state index contributed by atoms with van der Waals surface area (Å²) in [6.45, 7) is 14.0. The van der Waals surface area contributed by atoms with Gasteiger partial charge in [-0.2, -0.15) is 0 Å². The molecule has 126 heavy (non-hydrogen) atoms. The van der Waals surface area contributed by atoms with Gasteiger partial charge < -0.3 is 108 Å². The highest BCUT2D eigenvalue weighted by Crippen LogP contribution is 2.65. The van der Waals surface area contributed by atoms with Gasteiger partial charge in [-0.3, -0.25) is 43.2 Å². The number of carbonyl (C=O) groups excluding carboxylic acids is 14. The highest BCUT2D eigenvalue weighted by molar-refractivity contribution is 6.02. The Bertz CT molecular complexity index is 4440. The van der Waals surface area contributed by atoms with E-state index in [4.69, 9.17) is 76.9 Å². The number of primary amides is 1. The maximum absolute atomic E-state index is 16.0. The third kappa shape index (κ3) is 26.1. The second-order valence-electron chi connectivity index (χ2n) is 32.1. The molecule has 0 spiro atoms. The molecular formula is C89H114N6O31. The fourth-order valence-electron chi connectivity index (χ4n) is 16.2. The molecule has 3 aliphatic carbocycles. The van der Waals surface area contributed by atoms with Crippen LogP contribution in [0.1, 0.15) is 151 Å².